The van der Waals surface area contributed by atoms with E-state index in [9.17, 15) is 18.0 Å². The Bertz CT molecular complexity index is 1180. The van der Waals surface area contributed by atoms with Crippen molar-refractivity contribution in [3.05, 3.63) is 47.0 Å². The summed E-state index contributed by atoms with van der Waals surface area (Å²) in [6.45, 7) is 2.27. The van der Waals surface area contributed by atoms with Crippen molar-refractivity contribution in [1.82, 2.24) is 4.31 Å². The molecule has 0 aromatic heterocycles. The largest absolute Gasteiger partial charge is 0.482 e. The highest BCUT2D eigenvalue weighted by Gasteiger charge is 2.31. The molecule has 1 saturated heterocycles. The van der Waals surface area contributed by atoms with Crippen LogP contribution in [0.4, 0.5) is 11.4 Å². The molecule has 33 heavy (non-hydrogen) atoms. The minimum absolute atomic E-state index is 0.0837. The highest BCUT2D eigenvalue weighted by atomic mass is 35.5. The van der Waals surface area contributed by atoms with Gasteiger partial charge in [-0.3, -0.25) is 14.5 Å². The number of amides is 2. The van der Waals surface area contributed by atoms with Crippen molar-refractivity contribution in [3.63, 3.8) is 0 Å². The molecule has 2 aliphatic heterocycles. The number of halogens is 1. The summed E-state index contributed by atoms with van der Waals surface area (Å²) >= 11 is 5.97. The van der Waals surface area contributed by atoms with E-state index in [4.69, 9.17) is 16.3 Å². The lowest BCUT2D eigenvalue weighted by atomic mass is 10.2. The fourth-order valence-electron chi connectivity index (χ4n) is 4.05. The third-order valence-electron chi connectivity index (χ3n) is 5.84. The molecule has 0 atom stereocenters. The maximum Gasteiger partial charge on any atom is 0.265 e. The number of nitrogens with zero attached hydrogens (tertiary/aromatic N) is 2. The number of hydrogen-bond donors (Lipinski definition) is 1. The Morgan fingerprint density at radius 2 is 1.82 bits per heavy atom. The number of fused-ring (bicyclic) bond motifs is 1. The predicted octanol–water partition coefficient (Wildman–Crippen LogP) is 3.58. The first-order valence-electron chi connectivity index (χ1n) is 10.9. The van der Waals surface area contributed by atoms with E-state index in [0.29, 0.717) is 29.5 Å². The summed E-state index contributed by atoms with van der Waals surface area (Å²) in [6.07, 6.45) is 3.66. The summed E-state index contributed by atoms with van der Waals surface area (Å²) in [5, 5.41) is 3.34. The molecule has 0 spiro atoms. The van der Waals surface area contributed by atoms with Gasteiger partial charge in [-0.1, -0.05) is 24.4 Å². The lowest BCUT2D eigenvalue weighted by Gasteiger charge is -2.30. The van der Waals surface area contributed by atoms with E-state index in [1.54, 1.807) is 24.3 Å². The Labute approximate surface area is 198 Å². The van der Waals surface area contributed by atoms with Crippen LogP contribution in [0.15, 0.2) is 41.3 Å². The quantitative estimate of drug-likeness (QED) is 0.689. The summed E-state index contributed by atoms with van der Waals surface area (Å²) < 4.78 is 33.4. The fraction of sp³-hybridized carbons (Fsp3) is 0.391. The molecule has 0 radical (unpaired) electrons. The van der Waals surface area contributed by atoms with Crippen LogP contribution in [0.3, 0.4) is 0 Å². The van der Waals surface area contributed by atoms with Gasteiger partial charge in [-0.05, 0) is 61.7 Å². The molecule has 176 valence electrons. The molecule has 0 unspecified atom stereocenters. The molecule has 2 heterocycles. The zero-order valence-electron chi connectivity index (χ0n) is 18.3. The van der Waals surface area contributed by atoms with Crippen molar-refractivity contribution in [2.24, 2.45) is 0 Å². The third kappa shape index (κ3) is 5.15. The molecule has 0 saturated carbocycles. The van der Waals surface area contributed by atoms with E-state index in [1.807, 2.05) is 6.92 Å². The van der Waals surface area contributed by atoms with Crippen molar-refractivity contribution >= 4 is 44.8 Å². The van der Waals surface area contributed by atoms with Crippen molar-refractivity contribution < 1.29 is 22.7 Å². The standard InChI is InChI=1S/C23H26ClN3O5S/c1-16-12-17(24)6-8-19(16)25-22(28)14-27-20-13-18(7-9-21(20)32-15-23(27)29)33(30,31)26-10-4-2-3-5-11-26/h6-9,12-13H,2-5,10-11,14-15H2,1H3,(H,25,28). The van der Waals surface area contributed by atoms with Gasteiger partial charge in [0.2, 0.25) is 15.9 Å². The van der Waals surface area contributed by atoms with Gasteiger partial charge in [0.05, 0.1) is 10.6 Å². The Kier molecular flexibility index (Phi) is 6.92. The first-order valence-corrected chi connectivity index (χ1v) is 12.7. The number of anilines is 2. The SMILES string of the molecule is Cc1cc(Cl)ccc1NC(=O)CN1C(=O)COc2ccc(S(=O)(=O)N3CCCCCC3)cc21. The van der Waals surface area contributed by atoms with Gasteiger partial charge in [-0.2, -0.15) is 4.31 Å². The highest BCUT2D eigenvalue weighted by molar-refractivity contribution is 7.89. The van der Waals surface area contributed by atoms with Crippen molar-refractivity contribution in [3.8, 4) is 5.75 Å². The molecule has 1 N–H and O–H groups in total. The molecule has 8 nitrogen and oxygen atoms in total. The molecule has 0 bridgehead atoms. The van der Waals surface area contributed by atoms with Crippen molar-refractivity contribution in [2.75, 3.05) is 36.5 Å². The molecule has 1 fully saturated rings. The minimum Gasteiger partial charge on any atom is -0.482 e. The predicted molar refractivity (Wildman–Crippen MR) is 126 cm³/mol. The second-order valence-electron chi connectivity index (χ2n) is 8.22. The summed E-state index contributed by atoms with van der Waals surface area (Å²) in [5.41, 5.74) is 1.64. The van der Waals surface area contributed by atoms with Crippen LogP contribution in [-0.4, -0.2) is 50.8 Å². The number of ether oxygens (including phenoxy) is 1. The van der Waals surface area contributed by atoms with E-state index < -0.39 is 21.8 Å². The van der Waals surface area contributed by atoms with Crippen LogP contribution in [0.2, 0.25) is 5.02 Å². The number of rotatable bonds is 5. The number of hydrogen-bond acceptors (Lipinski definition) is 5. The van der Waals surface area contributed by atoms with Gasteiger partial charge in [0.1, 0.15) is 12.3 Å². The Morgan fingerprint density at radius 3 is 2.52 bits per heavy atom. The second-order valence-corrected chi connectivity index (χ2v) is 10.6. The van der Waals surface area contributed by atoms with E-state index in [-0.39, 0.29) is 23.7 Å². The summed E-state index contributed by atoms with van der Waals surface area (Å²) in [7, 11) is -3.72. The van der Waals surface area contributed by atoms with Gasteiger partial charge in [-0.25, -0.2) is 8.42 Å². The molecular weight excluding hydrogens is 466 g/mol. The molecular formula is C23H26ClN3O5S. The maximum atomic E-state index is 13.2. The van der Waals surface area contributed by atoms with Crippen LogP contribution in [0.5, 0.6) is 5.75 Å². The molecule has 10 heteroatoms. The summed E-state index contributed by atoms with van der Waals surface area (Å²) in [4.78, 5) is 26.7. The topological polar surface area (TPSA) is 96.0 Å². The summed E-state index contributed by atoms with van der Waals surface area (Å²) in [5.74, 6) is -0.475. The van der Waals surface area contributed by atoms with E-state index in [1.165, 1.54) is 21.3 Å². The first-order chi connectivity index (χ1) is 15.8. The maximum absolute atomic E-state index is 13.2. The molecule has 4 rings (SSSR count). The summed E-state index contributed by atoms with van der Waals surface area (Å²) in [6, 6.07) is 9.54. The van der Waals surface area contributed by atoms with Crippen molar-refractivity contribution in [1.29, 1.82) is 0 Å². The van der Waals surface area contributed by atoms with E-state index >= 15 is 0 Å². The van der Waals surface area contributed by atoms with Gasteiger partial charge in [0, 0.05) is 23.8 Å². The number of carbonyl (C=O) groups is 2. The Morgan fingerprint density at radius 1 is 1.09 bits per heavy atom. The van der Waals surface area contributed by atoms with Crippen LogP contribution in [-0.2, 0) is 19.6 Å². The fourth-order valence-corrected chi connectivity index (χ4v) is 5.81. The van der Waals surface area contributed by atoms with Gasteiger partial charge in [0.25, 0.3) is 5.91 Å². The number of nitrogens with one attached hydrogen (secondary N) is 1. The average Bonchev–Trinajstić information content (AvgIpc) is 3.08. The van der Waals surface area contributed by atoms with E-state index in [2.05, 4.69) is 5.32 Å². The van der Waals surface area contributed by atoms with Gasteiger partial charge >= 0.3 is 0 Å². The van der Waals surface area contributed by atoms with Crippen LogP contribution < -0.4 is 15.0 Å². The smallest absolute Gasteiger partial charge is 0.265 e. The number of carbonyl (C=O) groups excluding carboxylic acids is 2. The average molecular weight is 492 g/mol. The van der Waals surface area contributed by atoms with Crippen LogP contribution in [0.1, 0.15) is 31.2 Å². The molecule has 2 aromatic carbocycles. The van der Waals surface area contributed by atoms with Gasteiger partial charge in [0.15, 0.2) is 6.61 Å². The van der Waals surface area contributed by atoms with Crippen LogP contribution in [0.25, 0.3) is 0 Å². The Balaban J connectivity index is 1.58. The van der Waals surface area contributed by atoms with Gasteiger partial charge < -0.3 is 10.1 Å². The minimum atomic E-state index is -3.72. The molecule has 2 aliphatic rings. The second kappa shape index (κ2) is 9.70. The highest BCUT2D eigenvalue weighted by Crippen LogP contribution is 2.35. The lowest BCUT2D eigenvalue weighted by molar-refractivity contribution is -0.123. The molecule has 2 amide bonds. The lowest BCUT2D eigenvalue weighted by Crippen LogP contribution is -2.43. The monoisotopic (exact) mass is 491 g/mol. The molecule has 2 aromatic rings. The van der Waals surface area contributed by atoms with Crippen LogP contribution >= 0.6 is 11.6 Å². The number of sulfonamides is 1. The van der Waals surface area contributed by atoms with E-state index in [0.717, 1.165) is 31.2 Å². The number of aryl methyl sites for hydroxylation is 1. The van der Waals surface area contributed by atoms with Crippen LogP contribution in [0, 0.1) is 6.92 Å². The first kappa shape index (κ1) is 23.5. The normalized spacial score (nSPS) is 17.2. The zero-order valence-corrected chi connectivity index (χ0v) is 19.9. The zero-order chi connectivity index (χ0) is 23.6. The Hall–Kier alpha value is -2.62. The van der Waals surface area contributed by atoms with Gasteiger partial charge in [-0.15, -0.1) is 0 Å². The third-order valence-corrected chi connectivity index (χ3v) is 7.97. The number of benzene rings is 2. The molecule has 0 aliphatic carbocycles. The van der Waals surface area contributed by atoms with Crippen molar-refractivity contribution in [2.45, 2.75) is 37.5 Å².